The van der Waals surface area contributed by atoms with Gasteiger partial charge in [0.05, 0.1) is 17.2 Å². The van der Waals surface area contributed by atoms with Crippen LogP contribution in [0.25, 0.3) is 11.1 Å². The summed E-state index contributed by atoms with van der Waals surface area (Å²) in [5.41, 5.74) is 3.26. The quantitative estimate of drug-likeness (QED) is 0.894. The van der Waals surface area contributed by atoms with Crippen molar-refractivity contribution in [3.8, 4) is 23.1 Å². The summed E-state index contributed by atoms with van der Waals surface area (Å²) in [4.78, 5) is 23.3. The van der Waals surface area contributed by atoms with E-state index in [2.05, 4.69) is 33.3 Å². The van der Waals surface area contributed by atoms with Crippen LogP contribution in [0.5, 0.6) is 5.88 Å². The van der Waals surface area contributed by atoms with Crippen LogP contribution in [0.2, 0.25) is 0 Å². The fourth-order valence-electron chi connectivity index (χ4n) is 3.40. The Morgan fingerprint density at radius 1 is 1.35 bits per heavy atom. The number of hydrogen-bond donors (Lipinski definition) is 1. The molecule has 0 radical (unpaired) electrons. The van der Waals surface area contributed by atoms with Gasteiger partial charge in [-0.15, -0.1) is 0 Å². The van der Waals surface area contributed by atoms with Crippen molar-refractivity contribution in [1.29, 1.82) is 5.26 Å². The summed E-state index contributed by atoms with van der Waals surface area (Å²) in [5, 5.41) is 11.8. The second-order valence-corrected chi connectivity index (χ2v) is 6.75. The summed E-state index contributed by atoms with van der Waals surface area (Å²) in [6.45, 7) is 2.19. The topological polar surface area (TPSA) is 91.1 Å². The molecule has 1 N–H and O–H groups in total. The fourth-order valence-corrected chi connectivity index (χ4v) is 3.40. The van der Waals surface area contributed by atoms with E-state index < -0.39 is 0 Å². The first kappa shape index (κ1) is 16.5. The summed E-state index contributed by atoms with van der Waals surface area (Å²) < 4.78 is 5.71. The van der Waals surface area contributed by atoms with Crippen molar-refractivity contribution in [2.24, 2.45) is 5.92 Å². The molecule has 2 aromatic rings. The van der Waals surface area contributed by atoms with Gasteiger partial charge in [0.1, 0.15) is 6.61 Å². The summed E-state index contributed by atoms with van der Waals surface area (Å²) in [6, 6.07) is 7.59. The lowest BCUT2D eigenvalue weighted by molar-refractivity contribution is -0.121. The van der Waals surface area contributed by atoms with Crippen LogP contribution in [0.1, 0.15) is 24.0 Å². The van der Waals surface area contributed by atoms with Crippen LogP contribution in [-0.4, -0.2) is 40.9 Å². The normalized spacial score (nSPS) is 16.8. The van der Waals surface area contributed by atoms with Gasteiger partial charge in [-0.3, -0.25) is 10.1 Å². The molecule has 0 atom stereocenters. The molecule has 26 heavy (non-hydrogen) atoms. The molecular weight excluding hydrogens is 330 g/mol. The van der Waals surface area contributed by atoms with E-state index in [0.717, 1.165) is 42.6 Å². The molecule has 7 heteroatoms. The zero-order valence-electron chi connectivity index (χ0n) is 14.5. The second-order valence-electron chi connectivity index (χ2n) is 6.75. The Morgan fingerprint density at radius 3 is 2.92 bits per heavy atom. The zero-order chi connectivity index (χ0) is 18.1. The number of nitrogens with zero attached hydrogens (tertiary/aromatic N) is 4. The highest BCUT2D eigenvalue weighted by atomic mass is 16.5. The van der Waals surface area contributed by atoms with Crippen molar-refractivity contribution in [2.45, 2.75) is 19.4 Å². The number of fused-ring (bicyclic) bond motifs is 3. The van der Waals surface area contributed by atoms with Gasteiger partial charge in [-0.25, -0.2) is 4.98 Å². The Kier molecular flexibility index (Phi) is 4.27. The molecule has 2 aliphatic heterocycles. The first-order chi connectivity index (χ1) is 12.6. The zero-order valence-corrected chi connectivity index (χ0v) is 14.5. The minimum absolute atomic E-state index is 0.00289. The number of ether oxygens (including phenoxy) is 1. The van der Waals surface area contributed by atoms with Gasteiger partial charge in [0, 0.05) is 12.1 Å². The smallest absolute Gasteiger partial charge is 0.232 e. The molecule has 7 nitrogen and oxygen atoms in total. The monoisotopic (exact) mass is 349 g/mol. The number of rotatable bonds is 2. The molecule has 1 aromatic heterocycles. The number of hydrogen-bond acceptors (Lipinski definition) is 6. The number of carbonyl (C=O) groups excluding carboxylic acids is 1. The molecule has 1 fully saturated rings. The molecule has 1 amide bonds. The van der Waals surface area contributed by atoms with Gasteiger partial charge in [-0.1, -0.05) is 6.07 Å². The first-order valence-electron chi connectivity index (χ1n) is 8.66. The molecule has 1 aromatic carbocycles. The number of amides is 1. The van der Waals surface area contributed by atoms with Crippen LogP contribution in [0, 0.1) is 17.2 Å². The highest BCUT2D eigenvalue weighted by Crippen LogP contribution is 2.36. The van der Waals surface area contributed by atoms with Crippen LogP contribution in [0.3, 0.4) is 0 Å². The lowest BCUT2D eigenvalue weighted by Gasteiger charge is -2.27. The molecule has 3 heterocycles. The Bertz CT molecular complexity index is 897. The summed E-state index contributed by atoms with van der Waals surface area (Å²) >= 11 is 0. The van der Waals surface area contributed by atoms with E-state index in [0.29, 0.717) is 18.1 Å². The molecule has 0 unspecified atom stereocenters. The summed E-state index contributed by atoms with van der Waals surface area (Å²) in [6.07, 6.45) is 3.35. The molecular formula is C19H19N5O2. The standard InChI is InChI=1S/C19H19N5O2/c1-24-6-4-13(5-7-24)17(25)22-19-21-10-16-15-3-2-12(9-20)8-14(15)11-26-18(16)23-19/h2-3,8,10,13H,4-7,11H2,1H3,(H,21,22,23,25). The predicted octanol–water partition coefficient (Wildman–Crippen LogP) is 2.19. The van der Waals surface area contributed by atoms with Crippen molar-refractivity contribution >= 4 is 11.9 Å². The van der Waals surface area contributed by atoms with E-state index in [-0.39, 0.29) is 17.8 Å². The molecule has 4 rings (SSSR count). The maximum absolute atomic E-state index is 12.4. The van der Waals surface area contributed by atoms with Gasteiger partial charge in [0.2, 0.25) is 17.7 Å². The lowest BCUT2D eigenvalue weighted by Crippen LogP contribution is -2.36. The van der Waals surface area contributed by atoms with Crippen LogP contribution in [0.4, 0.5) is 5.95 Å². The number of anilines is 1. The SMILES string of the molecule is CN1CCC(C(=O)Nc2ncc3c(n2)OCc2cc(C#N)ccc2-3)CC1. The highest BCUT2D eigenvalue weighted by Gasteiger charge is 2.25. The molecule has 0 spiro atoms. The Balaban J connectivity index is 1.53. The molecule has 0 aliphatic carbocycles. The Hall–Kier alpha value is -2.98. The van der Waals surface area contributed by atoms with Crippen LogP contribution >= 0.6 is 0 Å². The first-order valence-corrected chi connectivity index (χ1v) is 8.66. The minimum Gasteiger partial charge on any atom is -0.472 e. The van der Waals surface area contributed by atoms with Gasteiger partial charge in [-0.2, -0.15) is 10.2 Å². The number of aromatic nitrogens is 2. The number of carbonyl (C=O) groups is 1. The number of benzene rings is 1. The van der Waals surface area contributed by atoms with E-state index in [1.54, 1.807) is 12.3 Å². The van der Waals surface area contributed by atoms with E-state index in [4.69, 9.17) is 10.00 Å². The second kappa shape index (κ2) is 6.73. The van der Waals surface area contributed by atoms with Crippen molar-refractivity contribution in [2.75, 3.05) is 25.5 Å². The molecule has 132 valence electrons. The highest BCUT2D eigenvalue weighted by molar-refractivity contribution is 5.91. The maximum Gasteiger partial charge on any atom is 0.232 e. The lowest BCUT2D eigenvalue weighted by atomic mass is 9.96. The van der Waals surface area contributed by atoms with Gasteiger partial charge < -0.3 is 9.64 Å². The molecule has 0 bridgehead atoms. The van der Waals surface area contributed by atoms with Gasteiger partial charge in [0.25, 0.3) is 0 Å². The van der Waals surface area contributed by atoms with Crippen molar-refractivity contribution in [3.63, 3.8) is 0 Å². The third-order valence-corrected chi connectivity index (χ3v) is 4.97. The number of nitrogens with one attached hydrogen (secondary N) is 1. The van der Waals surface area contributed by atoms with Gasteiger partial charge in [-0.05, 0) is 56.2 Å². The molecule has 0 saturated carbocycles. The Labute approximate surface area is 151 Å². The minimum atomic E-state index is -0.0343. The third kappa shape index (κ3) is 3.11. The van der Waals surface area contributed by atoms with Crippen LogP contribution in [0.15, 0.2) is 24.4 Å². The van der Waals surface area contributed by atoms with Crippen molar-refractivity contribution < 1.29 is 9.53 Å². The fraction of sp³-hybridized carbons (Fsp3) is 0.368. The van der Waals surface area contributed by atoms with E-state index in [1.165, 1.54) is 0 Å². The number of piperidine rings is 1. The molecule has 1 saturated heterocycles. The maximum atomic E-state index is 12.4. The van der Waals surface area contributed by atoms with Gasteiger partial charge >= 0.3 is 0 Å². The van der Waals surface area contributed by atoms with Crippen LogP contribution in [-0.2, 0) is 11.4 Å². The Morgan fingerprint density at radius 2 is 2.15 bits per heavy atom. The average Bonchev–Trinajstić information content (AvgIpc) is 2.67. The van der Waals surface area contributed by atoms with E-state index >= 15 is 0 Å². The number of likely N-dealkylation sites (tertiary alicyclic amines) is 1. The third-order valence-electron chi connectivity index (χ3n) is 4.97. The molecule has 2 aliphatic rings. The van der Waals surface area contributed by atoms with E-state index in [9.17, 15) is 4.79 Å². The summed E-state index contributed by atoms with van der Waals surface area (Å²) in [7, 11) is 2.06. The van der Waals surface area contributed by atoms with Gasteiger partial charge in [0.15, 0.2) is 0 Å². The largest absolute Gasteiger partial charge is 0.472 e. The summed E-state index contributed by atoms with van der Waals surface area (Å²) in [5.74, 6) is 0.686. The predicted molar refractivity (Wildman–Crippen MR) is 95.4 cm³/mol. The van der Waals surface area contributed by atoms with Crippen molar-refractivity contribution in [1.82, 2.24) is 14.9 Å². The van der Waals surface area contributed by atoms with E-state index in [1.807, 2.05) is 12.1 Å². The average molecular weight is 349 g/mol. The van der Waals surface area contributed by atoms with Crippen molar-refractivity contribution in [3.05, 3.63) is 35.5 Å². The number of nitriles is 1. The van der Waals surface area contributed by atoms with Crippen LogP contribution < -0.4 is 10.1 Å².